The van der Waals surface area contributed by atoms with E-state index in [2.05, 4.69) is 21.2 Å². The molecule has 0 saturated heterocycles. The van der Waals surface area contributed by atoms with Crippen molar-refractivity contribution in [3.05, 3.63) is 35.9 Å². The Labute approximate surface area is 137 Å². The van der Waals surface area contributed by atoms with Crippen LogP contribution in [0.4, 0.5) is 0 Å². The quantitative estimate of drug-likeness (QED) is 0.405. The van der Waals surface area contributed by atoms with Crippen molar-refractivity contribution >= 4 is 21.8 Å². The lowest BCUT2D eigenvalue weighted by atomic mass is 10.1. The summed E-state index contributed by atoms with van der Waals surface area (Å²) in [5.74, 6) is 0.177. The lowest BCUT2D eigenvalue weighted by molar-refractivity contribution is -0.121. The van der Waals surface area contributed by atoms with E-state index in [0.29, 0.717) is 13.0 Å². The minimum atomic E-state index is 0.177. The lowest BCUT2D eigenvalue weighted by Crippen LogP contribution is -2.22. The van der Waals surface area contributed by atoms with E-state index in [4.69, 9.17) is 0 Å². The second-order valence-electron chi connectivity index (χ2n) is 5.53. The van der Waals surface area contributed by atoms with E-state index in [1.165, 1.54) is 44.9 Å². The zero-order valence-corrected chi connectivity index (χ0v) is 14.5. The molecule has 21 heavy (non-hydrogen) atoms. The van der Waals surface area contributed by atoms with E-state index in [1.54, 1.807) is 0 Å². The number of alkyl halides is 1. The second-order valence-corrected chi connectivity index (χ2v) is 6.32. The highest BCUT2D eigenvalue weighted by Crippen LogP contribution is 2.10. The molecule has 0 aliphatic heterocycles. The Balaban J connectivity index is 1.89. The highest BCUT2D eigenvalue weighted by atomic mass is 79.9. The summed E-state index contributed by atoms with van der Waals surface area (Å²) in [5, 5.41) is 4.11. The summed E-state index contributed by atoms with van der Waals surface area (Å²) >= 11 is 3.46. The number of carbonyl (C=O) groups excluding carboxylic acids is 1. The van der Waals surface area contributed by atoms with Crippen LogP contribution in [0.25, 0.3) is 0 Å². The monoisotopic (exact) mass is 353 g/mol. The summed E-state index contributed by atoms with van der Waals surface area (Å²) in [5.41, 5.74) is 1.16. The van der Waals surface area contributed by atoms with Crippen molar-refractivity contribution in [2.45, 2.75) is 64.3 Å². The van der Waals surface area contributed by atoms with Crippen molar-refractivity contribution in [1.29, 1.82) is 0 Å². The average molecular weight is 354 g/mol. The highest BCUT2D eigenvalue weighted by Gasteiger charge is 2.01. The van der Waals surface area contributed by atoms with Crippen LogP contribution >= 0.6 is 15.9 Å². The first-order valence-corrected chi connectivity index (χ1v) is 9.31. The van der Waals surface area contributed by atoms with Crippen molar-refractivity contribution in [3.63, 3.8) is 0 Å². The largest absolute Gasteiger partial charge is 0.352 e. The number of amides is 1. The van der Waals surface area contributed by atoms with Crippen LogP contribution in [0, 0.1) is 0 Å². The summed E-state index contributed by atoms with van der Waals surface area (Å²) in [6, 6.07) is 10.1. The Hall–Kier alpha value is -0.830. The number of hydrogen-bond donors (Lipinski definition) is 1. The SMILES string of the molecule is O=C(CCCCCCCCCCBr)NCc1ccccc1. The number of carbonyl (C=O) groups is 1. The zero-order valence-electron chi connectivity index (χ0n) is 13.0. The molecule has 0 aromatic heterocycles. The van der Waals surface area contributed by atoms with Gasteiger partial charge in [0, 0.05) is 18.3 Å². The summed E-state index contributed by atoms with van der Waals surface area (Å²) in [7, 11) is 0. The zero-order chi connectivity index (χ0) is 15.2. The third-order valence-electron chi connectivity index (χ3n) is 3.62. The van der Waals surface area contributed by atoms with Gasteiger partial charge in [-0.1, -0.05) is 84.8 Å². The molecule has 0 aliphatic carbocycles. The van der Waals surface area contributed by atoms with Gasteiger partial charge in [0.05, 0.1) is 0 Å². The average Bonchev–Trinajstić information content (AvgIpc) is 2.52. The molecule has 0 fully saturated rings. The molecule has 118 valence electrons. The van der Waals surface area contributed by atoms with Crippen LogP contribution in [0.3, 0.4) is 0 Å². The van der Waals surface area contributed by atoms with Crippen LogP contribution < -0.4 is 5.32 Å². The fourth-order valence-electron chi connectivity index (χ4n) is 2.33. The van der Waals surface area contributed by atoms with Crippen molar-refractivity contribution in [2.75, 3.05) is 5.33 Å². The molecule has 3 heteroatoms. The van der Waals surface area contributed by atoms with Crippen molar-refractivity contribution < 1.29 is 4.79 Å². The van der Waals surface area contributed by atoms with Crippen LogP contribution in [-0.4, -0.2) is 11.2 Å². The maximum absolute atomic E-state index is 11.7. The predicted molar refractivity (Wildman–Crippen MR) is 93.6 cm³/mol. The Bertz CT molecular complexity index is 367. The minimum Gasteiger partial charge on any atom is -0.352 e. The van der Waals surface area contributed by atoms with E-state index in [-0.39, 0.29) is 5.91 Å². The van der Waals surface area contributed by atoms with Gasteiger partial charge in [-0.2, -0.15) is 0 Å². The molecule has 0 aliphatic rings. The van der Waals surface area contributed by atoms with E-state index < -0.39 is 0 Å². The Morgan fingerprint density at radius 3 is 2.05 bits per heavy atom. The molecular weight excluding hydrogens is 326 g/mol. The molecule has 0 radical (unpaired) electrons. The topological polar surface area (TPSA) is 29.1 Å². The smallest absolute Gasteiger partial charge is 0.220 e. The van der Waals surface area contributed by atoms with E-state index in [0.717, 1.165) is 17.3 Å². The molecular formula is C18H28BrNO. The van der Waals surface area contributed by atoms with Gasteiger partial charge in [-0.15, -0.1) is 0 Å². The first-order valence-electron chi connectivity index (χ1n) is 8.19. The molecule has 1 rings (SSSR count). The summed E-state index contributed by atoms with van der Waals surface area (Å²) < 4.78 is 0. The molecule has 2 nitrogen and oxygen atoms in total. The highest BCUT2D eigenvalue weighted by molar-refractivity contribution is 9.09. The number of benzene rings is 1. The number of hydrogen-bond acceptors (Lipinski definition) is 1. The van der Waals surface area contributed by atoms with Crippen LogP contribution in [0.1, 0.15) is 63.4 Å². The summed E-state index contributed by atoms with van der Waals surface area (Å²) in [6.45, 7) is 0.646. The van der Waals surface area contributed by atoms with Gasteiger partial charge in [-0.3, -0.25) is 4.79 Å². The number of rotatable bonds is 12. The Morgan fingerprint density at radius 2 is 1.43 bits per heavy atom. The fourth-order valence-corrected chi connectivity index (χ4v) is 2.72. The van der Waals surface area contributed by atoms with Gasteiger partial charge >= 0.3 is 0 Å². The summed E-state index contributed by atoms with van der Waals surface area (Å²) in [6.07, 6.45) is 10.8. The maximum atomic E-state index is 11.7. The molecule has 0 saturated carbocycles. The fraction of sp³-hybridized carbons (Fsp3) is 0.611. The molecule has 1 aromatic carbocycles. The van der Waals surface area contributed by atoms with Gasteiger partial charge in [-0.25, -0.2) is 0 Å². The van der Waals surface area contributed by atoms with E-state index in [9.17, 15) is 4.79 Å². The maximum Gasteiger partial charge on any atom is 0.220 e. The first-order chi connectivity index (χ1) is 10.3. The van der Waals surface area contributed by atoms with Crippen molar-refractivity contribution in [2.24, 2.45) is 0 Å². The van der Waals surface area contributed by atoms with Gasteiger partial charge in [0.25, 0.3) is 0 Å². The molecule has 1 aromatic rings. The Morgan fingerprint density at radius 1 is 0.857 bits per heavy atom. The number of unbranched alkanes of at least 4 members (excludes halogenated alkanes) is 7. The molecule has 0 unspecified atom stereocenters. The third-order valence-corrected chi connectivity index (χ3v) is 4.18. The van der Waals surface area contributed by atoms with Gasteiger partial charge in [0.2, 0.25) is 5.91 Å². The van der Waals surface area contributed by atoms with E-state index in [1.807, 2.05) is 30.3 Å². The van der Waals surface area contributed by atoms with Crippen molar-refractivity contribution in [3.8, 4) is 0 Å². The predicted octanol–water partition coefficient (Wildman–Crippen LogP) is 5.21. The third kappa shape index (κ3) is 10.5. The van der Waals surface area contributed by atoms with Crippen molar-refractivity contribution in [1.82, 2.24) is 5.32 Å². The van der Waals surface area contributed by atoms with Crippen LogP contribution in [0.15, 0.2) is 30.3 Å². The number of halogens is 1. The van der Waals surface area contributed by atoms with E-state index >= 15 is 0 Å². The lowest BCUT2D eigenvalue weighted by Gasteiger charge is -2.05. The number of nitrogens with one attached hydrogen (secondary N) is 1. The molecule has 0 atom stereocenters. The molecule has 0 heterocycles. The normalized spacial score (nSPS) is 10.5. The van der Waals surface area contributed by atoms with Gasteiger partial charge in [0.15, 0.2) is 0 Å². The van der Waals surface area contributed by atoms with Gasteiger partial charge in [-0.05, 0) is 18.4 Å². The van der Waals surface area contributed by atoms with Gasteiger partial charge < -0.3 is 5.32 Å². The standard InChI is InChI=1S/C18H28BrNO/c19-15-11-6-4-2-1-3-5-10-14-18(21)20-16-17-12-8-7-9-13-17/h7-9,12-13H,1-6,10-11,14-16H2,(H,20,21). The van der Waals surface area contributed by atoms with Crippen LogP contribution in [0.2, 0.25) is 0 Å². The molecule has 1 amide bonds. The Kier molecular flexibility index (Phi) is 11.2. The summed E-state index contributed by atoms with van der Waals surface area (Å²) in [4.78, 5) is 11.7. The molecule has 0 spiro atoms. The minimum absolute atomic E-state index is 0.177. The molecule has 1 N–H and O–H groups in total. The molecule has 0 bridgehead atoms. The first kappa shape index (κ1) is 18.2. The van der Waals surface area contributed by atoms with Crippen LogP contribution in [-0.2, 0) is 11.3 Å². The second kappa shape index (κ2) is 12.9. The van der Waals surface area contributed by atoms with Crippen LogP contribution in [0.5, 0.6) is 0 Å². The van der Waals surface area contributed by atoms with Gasteiger partial charge in [0.1, 0.15) is 0 Å².